The van der Waals surface area contributed by atoms with E-state index in [0.29, 0.717) is 5.82 Å². The molecule has 2 aromatic heterocycles. The topological polar surface area (TPSA) is 85.2 Å². The monoisotopic (exact) mass is 455 g/mol. The highest BCUT2D eigenvalue weighted by Gasteiger charge is 2.23. The van der Waals surface area contributed by atoms with E-state index in [1.165, 1.54) is 37.7 Å². The molecule has 0 radical (unpaired) electrons. The molecule has 0 amide bonds. The minimum Gasteiger partial charge on any atom is -0.244 e. The van der Waals surface area contributed by atoms with Crippen molar-refractivity contribution in [2.75, 3.05) is 0 Å². The first kappa shape index (κ1) is 22.4. The van der Waals surface area contributed by atoms with Gasteiger partial charge in [0.25, 0.3) is 0 Å². The van der Waals surface area contributed by atoms with Crippen molar-refractivity contribution in [1.29, 1.82) is 0 Å². The maximum atomic E-state index is 5.02. The molecule has 34 heavy (non-hydrogen) atoms. The number of tetrazole rings is 1. The van der Waals surface area contributed by atoms with Crippen LogP contribution < -0.4 is 0 Å². The SMILES string of the molecule is CC(C)(C)n1nc(CC2CCCCC2)nc1Cc1ccc(-c2ccccc2-c2nn[nH]n2)cc1. The van der Waals surface area contributed by atoms with Gasteiger partial charge in [-0.15, -0.1) is 10.2 Å². The molecule has 0 unspecified atom stereocenters. The number of hydrogen-bond donors (Lipinski definition) is 1. The number of nitrogens with zero attached hydrogens (tertiary/aromatic N) is 6. The summed E-state index contributed by atoms with van der Waals surface area (Å²) >= 11 is 0. The normalized spacial score (nSPS) is 15.0. The summed E-state index contributed by atoms with van der Waals surface area (Å²) in [6, 6.07) is 16.8. The van der Waals surface area contributed by atoms with Crippen molar-refractivity contribution < 1.29 is 0 Å². The zero-order valence-electron chi connectivity index (χ0n) is 20.3. The van der Waals surface area contributed by atoms with Gasteiger partial charge in [0.05, 0.1) is 5.54 Å². The predicted molar refractivity (Wildman–Crippen MR) is 133 cm³/mol. The van der Waals surface area contributed by atoms with Crippen LogP contribution in [-0.4, -0.2) is 35.4 Å². The Morgan fingerprint density at radius 1 is 0.941 bits per heavy atom. The highest BCUT2D eigenvalue weighted by atomic mass is 15.5. The van der Waals surface area contributed by atoms with Crippen LogP contribution in [-0.2, 0) is 18.4 Å². The van der Waals surface area contributed by atoms with E-state index in [2.05, 4.69) is 76.4 Å². The Morgan fingerprint density at radius 2 is 1.68 bits per heavy atom. The van der Waals surface area contributed by atoms with Crippen molar-refractivity contribution in [2.45, 2.75) is 71.3 Å². The number of nitrogens with one attached hydrogen (secondary N) is 1. The van der Waals surface area contributed by atoms with Crippen LogP contribution in [0.25, 0.3) is 22.5 Å². The first-order valence-electron chi connectivity index (χ1n) is 12.3. The summed E-state index contributed by atoms with van der Waals surface area (Å²) in [4.78, 5) is 5.02. The summed E-state index contributed by atoms with van der Waals surface area (Å²) in [6.07, 6.45) is 8.46. The lowest BCUT2D eigenvalue weighted by Gasteiger charge is -2.21. The van der Waals surface area contributed by atoms with Gasteiger partial charge in [0.15, 0.2) is 5.82 Å². The zero-order valence-corrected chi connectivity index (χ0v) is 20.3. The number of H-pyrrole nitrogens is 1. The van der Waals surface area contributed by atoms with Crippen LogP contribution in [0.4, 0.5) is 0 Å². The molecule has 7 nitrogen and oxygen atoms in total. The maximum Gasteiger partial charge on any atom is 0.205 e. The van der Waals surface area contributed by atoms with Gasteiger partial charge in [-0.1, -0.05) is 80.6 Å². The van der Waals surface area contributed by atoms with Crippen molar-refractivity contribution in [3.05, 3.63) is 65.7 Å². The number of hydrogen-bond acceptors (Lipinski definition) is 5. The third kappa shape index (κ3) is 4.93. The third-order valence-electron chi connectivity index (χ3n) is 6.69. The zero-order chi connectivity index (χ0) is 23.5. The van der Waals surface area contributed by atoms with E-state index in [4.69, 9.17) is 10.1 Å². The van der Waals surface area contributed by atoms with Crippen LogP contribution in [0, 0.1) is 5.92 Å². The van der Waals surface area contributed by atoms with Gasteiger partial charge in [-0.05, 0) is 48.6 Å². The fourth-order valence-electron chi connectivity index (χ4n) is 4.97. The van der Waals surface area contributed by atoms with Crippen molar-refractivity contribution in [2.24, 2.45) is 5.92 Å². The van der Waals surface area contributed by atoms with Crippen LogP contribution in [0.1, 0.15) is 70.1 Å². The Kier molecular flexibility index (Phi) is 6.26. The Hall–Kier alpha value is -3.35. The molecular weight excluding hydrogens is 422 g/mol. The molecule has 1 saturated carbocycles. The lowest BCUT2D eigenvalue weighted by Crippen LogP contribution is -2.26. The molecule has 4 aromatic rings. The molecule has 0 atom stereocenters. The van der Waals surface area contributed by atoms with E-state index in [0.717, 1.165) is 47.1 Å². The molecule has 0 bridgehead atoms. The van der Waals surface area contributed by atoms with Gasteiger partial charge in [0.1, 0.15) is 5.82 Å². The van der Waals surface area contributed by atoms with Gasteiger partial charge < -0.3 is 0 Å². The summed E-state index contributed by atoms with van der Waals surface area (Å²) in [6.45, 7) is 6.61. The first-order chi connectivity index (χ1) is 16.5. The minimum absolute atomic E-state index is 0.101. The van der Waals surface area contributed by atoms with E-state index < -0.39 is 0 Å². The van der Waals surface area contributed by atoms with Gasteiger partial charge in [-0.25, -0.2) is 9.67 Å². The quantitative estimate of drug-likeness (QED) is 0.409. The van der Waals surface area contributed by atoms with E-state index in [9.17, 15) is 0 Å². The number of rotatable bonds is 6. The second-order valence-corrected chi connectivity index (χ2v) is 10.4. The highest BCUT2D eigenvalue weighted by Crippen LogP contribution is 2.30. The molecule has 0 spiro atoms. The van der Waals surface area contributed by atoms with Crippen molar-refractivity contribution in [1.82, 2.24) is 35.4 Å². The van der Waals surface area contributed by atoms with E-state index in [1.54, 1.807) is 0 Å². The molecule has 5 rings (SSSR count). The molecule has 2 heterocycles. The van der Waals surface area contributed by atoms with Crippen molar-refractivity contribution in [3.8, 4) is 22.5 Å². The molecule has 1 fully saturated rings. The molecule has 0 saturated heterocycles. The highest BCUT2D eigenvalue weighted by molar-refractivity contribution is 5.80. The summed E-state index contributed by atoms with van der Waals surface area (Å²) in [5, 5.41) is 19.5. The summed E-state index contributed by atoms with van der Waals surface area (Å²) in [5.74, 6) is 3.38. The number of benzene rings is 2. The number of aromatic nitrogens is 7. The van der Waals surface area contributed by atoms with Crippen LogP contribution in [0.15, 0.2) is 48.5 Å². The van der Waals surface area contributed by atoms with Gasteiger partial charge in [-0.3, -0.25) is 0 Å². The molecule has 1 N–H and O–H groups in total. The second-order valence-electron chi connectivity index (χ2n) is 10.4. The average Bonchev–Trinajstić information content (AvgIpc) is 3.51. The molecule has 7 heteroatoms. The van der Waals surface area contributed by atoms with Gasteiger partial charge >= 0.3 is 0 Å². The van der Waals surface area contributed by atoms with Crippen LogP contribution in [0.2, 0.25) is 0 Å². The third-order valence-corrected chi connectivity index (χ3v) is 6.69. The minimum atomic E-state index is -0.101. The standard InChI is InChI=1S/C27H33N7/c1-27(2,3)34-25(28-24(31-34)17-19-9-5-4-6-10-19)18-20-13-15-21(16-14-20)22-11-7-8-12-23(22)26-29-32-33-30-26/h7-8,11-16,19H,4-6,9-10,17-18H2,1-3H3,(H,29,30,32,33). The second kappa shape index (κ2) is 9.49. The first-order valence-corrected chi connectivity index (χ1v) is 12.3. The Bertz CT molecular complexity index is 1210. The Labute approximate surface area is 201 Å². The summed E-state index contributed by atoms with van der Waals surface area (Å²) in [5.41, 5.74) is 4.30. The summed E-state index contributed by atoms with van der Waals surface area (Å²) < 4.78 is 2.13. The molecule has 1 aliphatic rings. The Morgan fingerprint density at radius 3 is 2.35 bits per heavy atom. The fourth-order valence-corrected chi connectivity index (χ4v) is 4.97. The molecule has 1 aliphatic carbocycles. The molecule has 2 aromatic carbocycles. The van der Waals surface area contributed by atoms with Crippen molar-refractivity contribution in [3.63, 3.8) is 0 Å². The molecule has 0 aliphatic heterocycles. The van der Waals surface area contributed by atoms with Crippen LogP contribution in [0.3, 0.4) is 0 Å². The smallest absolute Gasteiger partial charge is 0.205 e. The van der Waals surface area contributed by atoms with Crippen LogP contribution in [0.5, 0.6) is 0 Å². The number of aromatic amines is 1. The molecular formula is C27H33N7. The van der Waals surface area contributed by atoms with Crippen LogP contribution >= 0.6 is 0 Å². The van der Waals surface area contributed by atoms with Gasteiger partial charge in [0, 0.05) is 18.4 Å². The van der Waals surface area contributed by atoms with E-state index in [1.807, 2.05) is 18.2 Å². The molecule has 176 valence electrons. The lowest BCUT2D eigenvalue weighted by molar-refractivity contribution is 0.331. The van der Waals surface area contributed by atoms with Gasteiger partial charge in [-0.2, -0.15) is 10.3 Å². The van der Waals surface area contributed by atoms with E-state index in [-0.39, 0.29) is 5.54 Å². The lowest BCUT2D eigenvalue weighted by atomic mass is 9.87. The largest absolute Gasteiger partial charge is 0.244 e. The predicted octanol–water partition coefficient (Wildman–Crippen LogP) is 5.59. The maximum absolute atomic E-state index is 5.02. The summed E-state index contributed by atoms with van der Waals surface area (Å²) in [7, 11) is 0. The van der Waals surface area contributed by atoms with E-state index >= 15 is 0 Å². The van der Waals surface area contributed by atoms with Crippen molar-refractivity contribution >= 4 is 0 Å². The fraction of sp³-hybridized carbons (Fsp3) is 0.444. The Balaban J connectivity index is 1.38. The van der Waals surface area contributed by atoms with Gasteiger partial charge in [0.2, 0.25) is 5.82 Å². The average molecular weight is 456 g/mol.